The first-order valence-electron chi connectivity index (χ1n) is 5.42. The van der Waals surface area contributed by atoms with Gasteiger partial charge in [0.2, 0.25) is 5.91 Å². The third-order valence-corrected chi connectivity index (χ3v) is 2.81. The fourth-order valence-corrected chi connectivity index (χ4v) is 1.81. The SMILES string of the molecule is CCNC1COCC1C(=O)NC1CC1. The smallest absolute Gasteiger partial charge is 0.227 e. The van der Waals surface area contributed by atoms with Crippen molar-refractivity contribution in [2.45, 2.75) is 31.8 Å². The molecule has 0 spiro atoms. The van der Waals surface area contributed by atoms with E-state index in [1.54, 1.807) is 0 Å². The maximum Gasteiger partial charge on any atom is 0.227 e. The predicted octanol–water partition coefficient (Wildman–Crippen LogP) is -0.110. The van der Waals surface area contributed by atoms with Gasteiger partial charge in [-0.2, -0.15) is 0 Å². The highest BCUT2D eigenvalue weighted by molar-refractivity contribution is 5.80. The van der Waals surface area contributed by atoms with Crippen LogP contribution in [0.25, 0.3) is 0 Å². The lowest BCUT2D eigenvalue weighted by atomic mass is 10.0. The van der Waals surface area contributed by atoms with Crippen LogP contribution in [0, 0.1) is 5.92 Å². The molecule has 1 amide bonds. The fraction of sp³-hybridized carbons (Fsp3) is 0.900. The van der Waals surface area contributed by atoms with Crippen LogP contribution in [0.1, 0.15) is 19.8 Å². The minimum atomic E-state index is 0.00977. The van der Waals surface area contributed by atoms with E-state index in [4.69, 9.17) is 4.74 Å². The number of hydrogen-bond donors (Lipinski definition) is 2. The van der Waals surface area contributed by atoms with Gasteiger partial charge in [-0.3, -0.25) is 4.79 Å². The Morgan fingerprint density at radius 2 is 2.21 bits per heavy atom. The molecule has 0 aromatic rings. The van der Waals surface area contributed by atoms with Crippen LogP contribution < -0.4 is 10.6 Å². The molecule has 2 atom stereocenters. The van der Waals surface area contributed by atoms with Crippen molar-refractivity contribution in [2.24, 2.45) is 5.92 Å². The number of ether oxygens (including phenoxy) is 1. The van der Waals surface area contributed by atoms with Crippen molar-refractivity contribution in [2.75, 3.05) is 19.8 Å². The predicted molar refractivity (Wildman–Crippen MR) is 52.9 cm³/mol. The summed E-state index contributed by atoms with van der Waals surface area (Å²) in [5.74, 6) is 0.173. The molecule has 0 radical (unpaired) electrons. The Morgan fingerprint density at radius 3 is 2.86 bits per heavy atom. The molecule has 2 unspecified atom stereocenters. The Bertz CT molecular complexity index is 216. The molecular weight excluding hydrogens is 180 g/mol. The van der Waals surface area contributed by atoms with Crippen LogP contribution in [0.4, 0.5) is 0 Å². The average Bonchev–Trinajstić information content (AvgIpc) is 2.83. The van der Waals surface area contributed by atoms with E-state index in [1.807, 2.05) is 6.92 Å². The normalized spacial score (nSPS) is 31.8. The van der Waals surface area contributed by atoms with Crippen LogP contribution in [0.15, 0.2) is 0 Å². The summed E-state index contributed by atoms with van der Waals surface area (Å²) in [4.78, 5) is 11.7. The zero-order chi connectivity index (χ0) is 9.97. The summed E-state index contributed by atoms with van der Waals surface area (Å²) >= 11 is 0. The molecule has 80 valence electrons. The number of rotatable bonds is 4. The molecule has 1 saturated heterocycles. The van der Waals surface area contributed by atoms with Gasteiger partial charge < -0.3 is 15.4 Å². The molecule has 4 heteroatoms. The minimum Gasteiger partial charge on any atom is -0.379 e. The molecule has 2 aliphatic rings. The zero-order valence-corrected chi connectivity index (χ0v) is 8.58. The van der Waals surface area contributed by atoms with Crippen molar-refractivity contribution in [1.29, 1.82) is 0 Å². The molecule has 1 aliphatic heterocycles. The lowest BCUT2D eigenvalue weighted by Crippen LogP contribution is -2.44. The maximum atomic E-state index is 11.7. The summed E-state index contributed by atoms with van der Waals surface area (Å²) in [6, 6.07) is 0.657. The second-order valence-corrected chi connectivity index (χ2v) is 4.09. The standard InChI is InChI=1S/C10H18N2O2/c1-2-11-9-6-14-5-8(9)10(13)12-7-3-4-7/h7-9,11H,2-6H2,1H3,(H,12,13). The number of hydrogen-bond acceptors (Lipinski definition) is 3. The van der Waals surface area contributed by atoms with Gasteiger partial charge in [-0.15, -0.1) is 0 Å². The first kappa shape index (κ1) is 9.93. The minimum absolute atomic E-state index is 0.00977. The molecule has 1 aliphatic carbocycles. The molecule has 2 rings (SSSR count). The Kier molecular flexibility index (Phi) is 3.03. The van der Waals surface area contributed by atoms with Crippen molar-refractivity contribution in [3.05, 3.63) is 0 Å². The summed E-state index contributed by atoms with van der Waals surface area (Å²) in [7, 11) is 0. The third kappa shape index (κ3) is 2.25. The van der Waals surface area contributed by atoms with Gasteiger partial charge in [-0.1, -0.05) is 6.92 Å². The first-order valence-corrected chi connectivity index (χ1v) is 5.42. The van der Waals surface area contributed by atoms with E-state index < -0.39 is 0 Å². The Labute approximate surface area is 84.4 Å². The molecule has 2 N–H and O–H groups in total. The van der Waals surface area contributed by atoms with Crippen molar-refractivity contribution in [1.82, 2.24) is 10.6 Å². The van der Waals surface area contributed by atoms with E-state index in [1.165, 1.54) is 0 Å². The highest BCUT2D eigenvalue weighted by atomic mass is 16.5. The lowest BCUT2D eigenvalue weighted by Gasteiger charge is -2.17. The summed E-state index contributed by atoms with van der Waals surface area (Å²) in [6.45, 7) is 4.17. The van der Waals surface area contributed by atoms with Gasteiger partial charge in [0, 0.05) is 12.1 Å². The molecule has 2 fully saturated rings. The van der Waals surface area contributed by atoms with Gasteiger partial charge in [-0.25, -0.2) is 0 Å². The zero-order valence-electron chi connectivity index (χ0n) is 8.58. The summed E-state index contributed by atoms with van der Waals surface area (Å²) < 4.78 is 5.32. The Morgan fingerprint density at radius 1 is 1.43 bits per heavy atom. The van der Waals surface area contributed by atoms with Gasteiger partial charge in [0.05, 0.1) is 19.1 Å². The average molecular weight is 198 g/mol. The third-order valence-electron chi connectivity index (χ3n) is 2.81. The summed E-state index contributed by atoms with van der Waals surface area (Å²) in [5.41, 5.74) is 0. The van der Waals surface area contributed by atoms with Gasteiger partial charge in [0.15, 0.2) is 0 Å². The summed E-state index contributed by atoms with van der Waals surface area (Å²) in [6.07, 6.45) is 2.29. The van der Waals surface area contributed by atoms with Gasteiger partial charge in [-0.05, 0) is 19.4 Å². The molecular formula is C10H18N2O2. The Hall–Kier alpha value is -0.610. The van der Waals surface area contributed by atoms with E-state index in [2.05, 4.69) is 10.6 Å². The first-order chi connectivity index (χ1) is 6.81. The van der Waals surface area contributed by atoms with Crippen LogP contribution in [0.3, 0.4) is 0 Å². The second kappa shape index (κ2) is 4.28. The monoisotopic (exact) mass is 198 g/mol. The number of carbonyl (C=O) groups excluding carboxylic acids is 1. The molecule has 0 bridgehead atoms. The van der Waals surface area contributed by atoms with E-state index >= 15 is 0 Å². The van der Waals surface area contributed by atoms with Gasteiger partial charge in [0.25, 0.3) is 0 Å². The van der Waals surface area contributed by atoms with E-state index in [-0.39, 0.29) is 17.9 Å². The molecule has 0 aromatic carbocycles. The number of nitrogens with one attached hydrogen (secondary N) is 2. The van der Waals surface area contributed by atoms with E-state index in [9.17, 15) is 4.79 Å². The maximum absolute atomic E-state index is 11.7. The number of likely N-dealkylation sites (N-methyl/N-ethyl adjacent to an activating group) is 1. The van der Waals surface area contributed by atoms with Crippen molar-refractivity contribution in [3.63, 3.8) is 0 Å². The molecule has 14 heavy (non-hydrogen) atoms. The molecule has 1 heterocycles. The van der Waals surface area contributed by atoms with Crippen molar-refractivity contribution >= 4 is 5.91 Å². The largest absolute Gasteiger partial charge is 0.379 e. The van der Waals surface area contributed by atoms with Crippen LogP contribution in [0.5, 0.6) is 0 Å². The summed E-state index contributed by atoms with van der Waals surface area (Å²) in [5, 5.41) is 6.31. The molecule has 4 nitrogen and oxygen atoms in total. The lowest BCUT2D eigenvalue weighted by molar-refractivity contribution is -0.125. The van der Waals surface area contributed by atoms with Crippen LogP contribution in [-0.4, -0.2) is 37.7 Å². The second-order valence-electron chi connectivity index (χ2n) is 4.09. The van der Waals surface area contributed by atoms with Crippen molar-refractivity contribution < 1.29 is 9.53 Å². The van der Waals surface area contributed by atoms with Gasteiger partial charge >= 0.3 is 0 Å². The molecule has 1 saturated carbocycles. The highest BCUT2D eigenvalue weighted by Crippen LogP contribution is 2.21. The molecule has 0 aromatic heterocycles. The van der Waals surface area contributed by atoms with E-state index in [0.717, 1.165) is 19.4 Å². The van der Waals surface area contributed by atoms with E-state index in [0.29, 0.717) is 19.3 Å². The van der Waals surface area contributed by atoms with Crippen molar-refractivity contribution in [3.8, 4) is 0 Å². The fourth-order valence-electron chi connectivity index (χ4n) is 1.81. The van der Waals surface area contributed by atoms with Crippen LogP contribution in [-0.2, 0) is 9.53 Å². The number of carbonyl (C=O) groups is 1. The Balaban J connectivity index is 1.83. The quantitative estimate of drug-likeness (QED) is 0.662. The van der Waals surface area contributed by atoms with Crippen LogP contribution in [0.2, 0.25) is 0 Å². The highest BCUT2D eigenvalue weighted by Gasteiger charge is 2.35. The topological polar surface area (TPSA) is 50.4 Å². The number of amides is 1. The van der Waals surface area contributed by atoms with Gasteiger partial charge in [0.1, 0.15) is 0 Å². The van der Waals surface area contributed by atoms with Crippen LogP contribution >= 0.6 is 0 Å².